The first-order valence-electron chi connectivity index (χ1n) is 4.05. The Morgan fingerprint density at radius 1 is 1.82 bits per heavy atom. The Labute approximate surface area is 67.8 Å². The van der Waals surface area contributed by atoms with E-state index in [1.54, 1.807) is 6.08 Å². The van der Waals surface area contributed by atoms with Crippen LogP contribution in [-0.2, 0) is 4.79 Å². The van der Waals surface area contributed by atoms with Crippen LogP contribution >= 0.6 is 0 Å². The van der Waals surface area contributed by atoms with Gasteiger partial charge in [0.2, 0.25) is 0 Å². The van der Waals surface area contributed by atoms with Gasteiger partial charge in [-0.1, -0.05) is 18.6 Å². The second kappa shape index (κ2) is 3.51. The van der Waals surface area contributed by atoms with Crippen LogP contribution < -0.4 is 0 Å². The monoisotopic (exact) mass is 150 g/mol. The average molecular weight is 150 g/mol. The molecule has 1 rings (SSSR count). The Balaban J connectivity index is 2.26. The maximum atomic E-state index is 10.6. The highest BCUT2D eigenvalue weighted by atomic mass is 16.1. The molecule has 1 aliphatic carbocycles. The molecule has 0 unspecified atom stereocenters. The first-order valence-corrected chi connectivity index (χ1v) is 4.05. The van der Waals surface area contributed by atoms with Gasteiger partial charge >= 0.3 is 0 Å². The van der Waals surface area contributed by atoms with Crippen LogP contribution in [0.15, 0.2) is 24.3 Å². The minimum Gasteiger partial charge on any atom is -0.295 e. The minimum atomic E-state index is 0.283. The summed E-state index contributed by atoms with van der Waals surface area (Å²) in [6.07, 6.45) is 6.51. The molecule has 1 heteroatoms. The van der Waals surface area contributed by atoms with Crippen molar-refractivity contribution in [3.8, 4) is 0 Å². The fraction of sp³-hybridized carbons (Fsp3) is 0.500. The Kier molecular flexibility index (Phi) is 2.64. The summed E-state index contributed by atoms with van der Waals surface area (Å²) >= 11 is 0. The van der Waals surface area contributed by atoms with Crippen molar-refractivity contribution in [3.05, 3.63) is 24.3 Å². The molecule has 0 bridgehead atoms. The second-order valence-corrected chi connectivity index (χ2v) is 3.28. The summed E-state index contributed by atoms with van der Waals surface area (Å²) in [7, 11) is 0. The van der Waals surface area contributed by atoms with Crippen LogP contribution in [0.5, 0.6) is 0 Å². The molecule has 0 aromatic rings. The van der Waals surface area contributed by atoms with Gasteiger partial charge in [-0.25, -0.2) is 0 Å². The normalized spacial score (nSPS) is 18.6. The molecular weight excluding hydrogens is 136 g/mol. The van der Waals surface area contributed by atoms with Crippen LogP contribution in [0.25, 0.3) is 0 Å². The molecule has 0 amide bonds. The lowest BCUT2D eigenvalue weighted by atomic mass is 9.88. The van der Waals surface area contributed by atoms with Gasteiger partial charge in [0.15, 0.2) is 5.78 Å². The van der Waals surface area contributed by atoms with E-state index in [4.69, 9.17) is 0 Å². The van der Waals surface area contributed by atoms with Gasteiger partial charge in [-0.2, -0.15) is 0 Å². The van der Waals surface area contributed by atoms with E-state index in [1.165, 1.54) is 5.57 Å². The number of hydrogen-bond donors (Lipinski definition) is 0. The van der Waals surface area contributed by atoms with Gasteiger partial charge in [-0.3, -0.25) is 4.79 Å². The molecule has 0 saturated carbocycles. The number of rotatable bonds is 4. The summed E-state index contributed by atoms with van der Waals surface area (Å²) in [6, 6.07) is 0. The summed E-state index contributed by atoms with van der Waals surface area (Å²) < 4.78 is 0. The van der Waals surface area contributed by atoms with Crippen molar-refractivity contribution in [2.24, 2.45) is 5.92 Å². The molecular formula is C10H14O. The average Bonchev–Trinajstić information content (AvgIpc) is 1.85. The van der Waals surface area contributed by atoms with Gasteiger partial charge in [0.25, 0.3) is 0 Å². The molecule has 0 N–H and O–H groups in total. The molecule has 1 nitrogen and oxygen atoms in total. The maximum absolute atomic E-state index is 10.6. The van der Waals surface area contributed by atoms with Crippen molar-refractivity contribution in [1.82, 2.24) is 0 Å². The third-order valence-corrected chi connectivity index (χ3v) is 1.95. The molecule has 0 heterocycles. The van der Waals surface area contributed by atoms with Crippen molar-refractivity contribution >= 4 is 5.78 Å². The van der Waals surface area contributed by atoms with Gasteiger partial charge < -0.3 is 0 Å². The molecule has 11 heavy (non-hydrogen) atoms. The minimum absolute atomic E-state index is 0.283. The summed E-state index contributed by atoms with van der Waals surface area (Å²) in [6.45, 7) is 5.87. The van der Waals surface area contributed by atoms with E-state index < -0.39 is 0 Å². The SMILES string of the molecule is C=CC[C@H](C)CC1=CC(=O)C1. The summed E-state index contributed by atoms with van der Waals surface area (Å²) in [5, 5.41) is 0. The molecule has 0 saturated heterocycles. The fourth-order valence-electron chi connectivity index (χ4n) is 1.37. The molecule has 1 aliphatic rings. The van der Waals surface area contributed by atoms with E-state index in [9.17, 15) is 4.79 Å². The molecule has 1 atom stereocenters. The topological polar surface area (TPSA) is 17.1 Å². The van der Waals surface area contributed by atoms with Crippen LogP contribution in [0.2, 0.25) is 0 Å². The van der Waals surface area contributed by atoms with Crippen molar-refractivity contribution in [3.63, 3.8) is 0 Å². The van der Waals surface area contributed by atoms with Crippen LogP contribution in [-0.4, -0.2) is 5.78 Å². The fourth-order valence-corrected chi connectivity index (χ4v) is 1.37. The zero-order valence-corrected chi connectivity index (χ0v) is 6.97. The van der Waals surface area contributed by atoms with Gasteiger partial charge in [-0.05, 0) is 24.8 Å². The quantitative estimate of drug-likeness (QED) is 0.563. The van der Waals surface area contributed by atoms with Gasteiger partial charge in [0, 0.05) is 6.42 Å². The highest BCUT2D eigenvalue weighted by Gasteiger charge is 2.16. The van der Waals surface area contributed by atoms with Crippen LogP contribution in [0, 0.1) is 5.92 Å². The van der Waals surface area contributed by atoms with Crippen molar-refractivity contribution < 1.29 is 4.79 Å². The van der Waals surface area contributed by atoms with Crippen LogP contribution in [0.3, 0.4) is 0 Å². The standard InChI is InChI=1S/C10H14O/c1-3-4-8(2)5-9-6-10(11)7-9/h3,6,8H,1,4-5,7H2,2H3/t8-/m0/s1. The van der Waals surface area contributed by atoms with Crippen LogP contribution in [0.4, 0.5) is 0 Å². The van der Waals surface area contributed by atoms with E-state index in [2.05, 4.69) is 13.5 Å². The Morgan fingerprint density at radius 3 is 2.91 bits per heavy atom. The lowest BCUT2D eigenvalue weighted by molar-refractivity contribution is -0.115. The van der Waals surface area contributed by atoms with Gasteiger partial charge in [0.05, 0.1) is 0 Å². The van der Waals surface area contributed by atoms with E-state index in [1.807, 2.05) is 6.08 Å². The maximum Gasteiger partial charge on any atom is 0.159 e. The predicted octanol–water partition coefficient (Wildman–Crippen LogP) is 2.49. The first kappa shape index (κ1) is 8.25. The first-order chi connectivity index (χ1) is 5.22. The molecule has 0 fully saturated rings. The predicted molar refractivity (Wildman–Crippen MR) is 46.3 cm³/mol. The second-order valence-electron chi connectivity index (χ2n) is 3.28. The molecule has 0 aromatic carbocycles. The van der Waals surface area contributed by atoms with Crippen molar-refractivity contribution in [2.75, 3.05) is 0 Å². The van der Waals surface area contributed by atoms with E-state index >= 15 is 0 Å². The summed E-state index contributed by atoms with van der Waals surface area (Å²) in [5.74, 6) is 0.928. The van der Waals surface area contributed by atoms with E-state index in [-0.39, 0.29) is 5.78 Å². The number of allylic oxidation sites excluding steroid dienone is 3. The molecule has 0 spiro atoms. The largest absolute Gasteiger partial charge is 0.295 e. The van der Waals surface area contributed by atoms with Gasteiger partial charge in [0.1, 0.15) is 0 Å². The zero-order valence-electron chi connectivity index (χ0n) is 6.97. The van der Waals surface area contributed by atoms with Crippen molar-refractivity contribution in [1.29, 1.82) is 0 Å². The number of carbonyl (C=O) groups is 1. The molecule has 0 radical (unpaired) electrons. The summed E-state index contributed by atoms with van der Waals surface area (Å²) in [4.78, 5) is 10.6. The Morgan fingerprint density at radius 2 is 2.45 bits per heavy atom. The smallest absolute Gasteiger partial charge is 0.159 e. The molecule has 0 aromatic heterocycles. The third kappa shape index (κ3) is 2.34. The number of hydrogen-bond acceptors (Lipinski definition) is 1. The van der Waals surface area contributed by atoms with E-state index in [0.29, 0.717) is 12.3 Å². The lowest BCUT2D eigenvalue weighted by Gasteiger charge is -2.16. The Hall–Kier alpha value is -0.850. The van der Waals surface area contributed by atoms with E-state index in [0.717, 1.165) is 12.8 Å². The third-order valence-electron chi connectivity index (χ3n) is 1.95. The number of carbonyl (C=O) groups excluding carboxylic acids is 1. The zero-order chi connectivity index (χ0) is 8.27. The van der Waals surface area contributed by atoms with Crippen molar-refractivity contribution in [2.45, 2.75) is 26.2 Å². The molecule has 60 valence electrons. The summed E-state index contributed by atoms with van der Waals surface area (Å²) in [5.41, 5.74) is 1.31. The lowest BCUT2D eigenvalue weighted by Crippen LogP contribution is -2.10. The highest BCUT2D eigenvalue weighted by molar-refractivity contribution is 5.98. The van der Waals surface area contributed by atoms with Crippen LogP contribution in [0.1, 0.15) is 26.2 Å². The Bertz CT molecular complexity index is 201. The van der Waals surface area contributed by atoms with Gasteiger partial charge in [-0.15, -0.1) is 6.58 Å². The molecule has 0 aliphatic heterocycles. The number of ketones is 1. The highest BCUT2D eigenvalue weighted by Crippen LogP contribution is 2.23.